The average molecular weight is 820 g/mol. The Morgan fingerprint density at radius 1 is 1.07 bits per heavy atom. The highest BCUT2D eigenvalue weighted by Gasteiger charge is 2.29. The van der Waals surface area contributed by atoms with Crippen LogP contribution in [0.2, 0.25) is 5.02 Å². The second-order valence-corrected chi connectivity index (χ2v) is 14.7. The highest BCUT2D eigenvalue weighted by Crippen LogP contribution is 2.39. The van der Waals surface area contributed by atoms with Gasteiger partial charge in [0.05, 0.1) is 56.1 Å². The molecule has 1 fully saturated rings. The first-order valence-corrected chi connectivity index (χ1v) is 19.6. The van der Waals surface area contributed by atoms with Crippen LogP contribution in [0.25, 0.3) is 28.0 Å². The molecule has 57 heavy (non-hydrogen) atoms. The van der Waals surface area contributed by atoms with Crippen molar-refractivity contribution in [2.45, 2.75) is 37.8 Å². The lowest BCUT2D eigenvalue weighted by atomic mass is 10.0. The lowest BCUT2D eigenvalue weighted by molar-refractivity contribution is -0.122. The van der Waals surface area contributed by atoms with Gasteiger partial charge in [-0.05, 0) is 77.4 Å². The van der Waals surface area contributed by atoms with Gasteiger partial charge in [0.1, 0.15) is 42.8 Å². The molecule has 12 nitrogen and oxygen atoms in total. The number of alkyl halides is 1. The van der Waals surface area contributed by atoms with E-state index in [1.165, 1.54) is 53.4 Å². The van der Waals surface area contributed by atoms with E-state index < -0.39 is 53.0 Å². The number of anilines is 1. The topological polar surface area (TPSA) is 168 Å². The van der Waals surface area contributed by atoms with E-state index in [1.54, 1.807) is 12.3 Å². The molecule has 7 rings (SSSR count). The Bertz CT molecular complexity index is 2560. The van der Waals surface area contributed by atoms with Crippen LogP contribution in [0.3, 0.4) is 0 Å². The van der Waals surface area contributed by atoms with Crippen LogP contribution in [0.4, 0.5) is 23.2 Å². The van der Waals surface area contributed by atoms with Crippen molar-refractivity contribution in [3.63, 3.8) is 0 Å². The fraction of sp³-hybridized carbons (Fsp3) is 0.231. The highest BCUT2D eigenvalue weighted by atomic mass is 35.5. The van der Waals surface area contributed by atoms with E-state index in [2.05, 4.69) is 25.1 Å². The summed E-state index contributed by atoms with van der Waals surface area (Å²) in [4.78, 5) is 38.1. The van der Waals surface area contributed by atoms with Crippen LogP contribution in [0.5, 0.6) is 0 Å². The van der Waals surface area contributed by atoms with Crippen molar-refractivity contribution >= 4 is 51.4 Å². The third kappa shape index (κ3) is 8.80. The lowest BCUT2D eigenvalue weighted by Gasteiger charge is -2.25. The smallest absolute Gasteiger partial charge is 0.267 e. The van der Waals surface area contributed by atoms with E-state index >= 15 is 0 Å². The second-order valence-electron chi connectivity index (χ2n) is 13.3. The molecule has 1 aliphatic carbocycles. The molecule has 1 aliphatic rings. The van der Waals surface area contributed by atoms with Crippen molar-refractivity contribution in [2.75, 3.05) is 24.8 Å². The number of rotatable bonds is 14. The van der Waals surface area contributed by atoms with Gasteiger partial charge in [-0.15, -0.1) is 0 Å². The Morgan fingerprint density at radius 2 is 1.82 bits per heavy atom. The van der Waals surface area contributed by atoms with Gasteiger partial charge in [0, 0.05) is 36.7 Å². The van der Waals surface area contributed by atoms with Gasteiger partial charge in [-0.3, -0.25) is 18.8 Å². The Morgan fingerprint density at radius 3 is 2.53 bits per heavy atom. The van der Waals surface area contributed by atoms with Crippen LogP contribution in [-0.4, -0.2) is 60.1 Å². The number of nitrogens with one attached hydrogen (secondary N) is 2. The standard InChI is InChI=1S/C39H34ClF4N9O3S/c1-57(56)51-36(45)34-27(40)9-11-32(35(34)46-14-13-41)53-38(49-37-26(39(53)55)8-10-30(48-37)25-4-2-3-5-28(25)44)31(18-21-16-23(42)19-24(43)17-21)47-33(54)20-52-15-12-29(50-52)22-6-7-22/h2-5,8-12,15-17,19,22,31,46H,6-7,13-14,18,20H2,1H3,(H2,45,51)(H,47,54). The van der Waals surface area contributed by atoms with Crippen molar-refractivity contribution < 1.29 is 26.9 Å². The first kappa shape index (κ1) is 39.5. The summed E-state index contributed by atoms with van der Waals surface area (Å²) in [5.41, 5.74) is 6.58. The van der Waals surface area contributed by atoms with Gasteiger partial charge in [-0.2, -0.15) is 5.10 Å². The number of pyridine rings is 1. The van der Waals surface area contributed by atoms with Crippen LogP contribution in [0, 0.1) is 17.5 Å². The summed E-state index contributed by atoms with van der Waals surface area (Å²) in [5, 5.41) is 10.2. The van der Waals surface area contributed by atoms with Crippen LogP contribution in [-0.2, 0) is 29.1 Å². The predicted octanol–water partition coefficient (Wildman–Crippen LogP) is 6.07. The number of nitrogens with two attached hydrogens (primary N) is 1. The number of fused-ring (bicyclic) bond motifs is 1. The molecule has 0 aliphatic heterocycles. The normalized spacial score (nSPS) is 14.1. The summed E-state index contributed by atoms with van der Waals surface area (Å²) < 4.78 is 76.6. The number of aromatic nitrogens is 5. The molecule has 1 saturated carbocycles. The molecule has 3 aromatic carbocycles. The Kier molecular flexibility index (Phi) is 11.6. The molecule has 4 N–H and O–H groups in total. The van der Waals surface area contributed by atoms with Crippen LogP contribution >= 0.6 is 11.6 Å². The number of carbonyl (C=O) groups excluding carboxylic acids is 1. The van der Waals surface area contributed by atoms with Gasteiger partial charge in [0.25, 0.3) is 5.56 Å². The number of benzene rings is 3. The fourth-order valence-corrected chi connectivity index (χ4v) is 7.15. The number of nitrogens with zero attached hydrogens (tertiary/aromatic N) is 6. The molecule has 0 radical (unpaired) electrons. The number of amidine groups is 1. The van der Waals surface area contributed by atoms with E-state index in [1.807, 2.05) is 6.07 Å². The molecular formula is C39H34ClF4N9O3S. The monoisotopic (exact) mass is 819 g/mol. The van der Waals surface area contributed by atoms with Gasteiger partial charge in [-0.25, -0.2) is 27.5 Å². The van der Waals surface area contributed by atoms with Crippen LogP contribution in [0.15, 0.2) is 88.2 Å². The molecule has 0 spiro atoms. The number of hydrogen-bond donors (Lipinski definition) is 3. The molecular weight excluding hydrogens is 786 g/mol. The summed E-state index contributed by atoms with van der Waals surface area (Å²) in [6, 6.07) is 14.9. The number of carbonyl (C=O) groups is 1. The van der Waals surface area contributed by atoms with Crippen molar-refractivity contribution in [1.82, 2.24) is 29.6 Å². The average Bonchev–Trinajstić information content (AvgIpc) is 3.91. The molecule has 3 aromatic heterocycles. The van der Waals surface area contributed by atoms with Crippen molar-refractivity contribution in [3.8, 4) is 16.9 Å². The zero-order chi connectivity index (χ0) is 40.4. The quantitative estimate of drug-likeness (QED) is 0.0515. The van der Waals surface area contributed by atoms with E-state index in [0.29, 0.717) is 12.0 Å². The fourth-order valence-electron chi connectivity index (χ4n) is 6.53. The molecule has 6 aromatic rings. The highest BCUT2D eigenvalue weighted by molar-refractivity contribution is 7.89. The largest absolute Gasteiger partial charge is 0.591 e. The molecule has 1 amide bonds. The molecule has 294 valence electrons. The Hall–Kier alpha value is -5.78. The van der Waals surface area contributed by atoms with E-state index in [0.717, 1.165) is 35.2 Å². The molecule has 3 heterocycles. The third-order valence-electron chi connectivity index (χ3n) is 9.13. The number of hydrogen-bond acceptors (Lipinski definition) is 8. The summed E-state index contributed by atoms with van der Waals surface area (Å²) in [6.45, 7) is -1.43. The van der Waals surface area contributed by atoms with Crippen molar-refractivity contribution in [1.29, 1.82) is 0 Å². The third-order valence-corrected chi connectivity index (χ3v) is 9.90. The molecule has 0 saturated heterocycles. The van der Waals surface area contributed by atoms with Crippen LogP contribution in [0.1, 0.15) is 47.4 Å². The lowest BCUT2D eigenvalue weighted by Crippen LogP contribution is -2.38. The van der Waals surface area contributed by atoms with Gasteiger partial charge in [0.2, 0.25) is 5.91 Å². The molecule has 2 unspecified atom stereocenters. The zero-order valence-corrected chi connectivity index (χ0v) is 31.8. The maximum Gasteiger partial charge on any atom is 0.267 e. The Balaban J connectivity index is 1.47. The van der Waals surface area contributed by atoms with E-state index in [4.69, 9.17) is 22.3 Å². The van der Waals surface area contributed by atoms with E-state index in [9.17, 15) is 31.7 Å². The minimum Gasteiger partial charge on any atom is -0.591 e. The maximum atomic E-state index is 15.0. The van der Waals surface area contributed by atoms with E-state index in [-0.39, 0.29) is 81.0 Å². The molecule has 0 bridgehead atoms. The van der Waals surface area contributed by atoms with Crippen molar-refractivity contribution in [3.05, 3.63) is 134 Å². The van der Waals surface area contributed by atoms with Crippen LogP contribution < -0.4 is 21.9 Å². The number of halogens is 5. The molecule has 18 heteroatoms. The minimum atomic E-state index is -1.80. The predicted molar refractivity (Wildman–Crippen MR) is 210 cm³/mol. The Labute approximate surface area is 331 Å². The number of amides is 1. The zero-order valence-electron chi connectivity index (χ0n) is 30.2. The van der Waals surface area contributed by atoms with Crippen molar-refractivity contribution in [2.24, 2.45) is 10.1 Å². The SMILES string of the molecule is C[S+]([O-])N=C(N)c1c(Cl)ccc(-n2c(C(Cc3cc(F)cc(F)c3)NC(=O)Cn3ccc(C4CC4)n3)nc3nc(-c4ccccc4F)ccc3c2=O)c1NCCF. The summed E-state index contributed by atoms with van der Waals surface area (Å²) in [7, 11) is 0. The van der Waals surface area contributed by atoms with Gasteiger partial charge < -0.3 is 20.9 Å². The van der Waals surface area contributed by atoms with Gasteiger partial charge >= 0.3 is 0 Å². The van der Waals surface area contributed by atoms with Gasteiger partial charge in [0.15, 0.2) is 11.5 Å². The first-order valence-electron chi connectivity index (χ1n) is 17.7. The summed E-state index contributed by atoms with van der Waals surface area (Å²) in [5.74, 6) is -3.11. The summed E-state index contributed by atoms with van der Waals surface area (Å²) >= 11 is 4.80. The first-order chi connectivity index (χ1) is 27.4. The second kappa shape index (κ2) is 16.8. The maximum absolute atomic E-state index is 15.0. The molecule has 2 atom stereocenters. The van der Waals surface area contributed by atoms with Gasteiger partial charge in [-0.1, -0.05) is 23.7 Å². The minimum absolute atomic E-state index is 0.00119. The summed E-state index contributed by atoms with van der Waals surface area (Å²) in [6.07, 6.45) is 4.63.